The lowest BCUT2D eigenvalue weighted by Crippen LogP contribution is -2.07. The number of nitrogens with two attached hydrogens (primary N) is 1. The van der Waals surface area contributed by atoms with Gasteiger partial charge >= 0.3 is 0 Å². The first-order valence-corrected chi connectivity index (χ1v) is 6.12. The van der Waals surface area contributed by atoms with E-state index >= 15 is 0 Å². The van der Waals surface area contributed by atoms with Crippen molar-refractivity contribution in [3.05, 3.63) is 34.3 Å². The van der Waals surface area contributed by atoms with Gasteiger partial charge in [-0.1, -0.05) is 27.6 Å². The van der Waals surface area contributed by atoms with E-state index in [4.69, 9.17) is 10.8 Å². The summed E-state index contributed by atoms with van der Waals surface area (Å²) in [7, 11) is 0. The lowest BCUT2D eigenvalue weighted by Gasteiger charge is -2.02. The number of hydrogen-bond acceptors (Lipinski definition) is 3. The quantitative estimate of drug-likeness (QED) is 0.912. The van der Waals surface area contributed by atoms with Crippen LogP contribution in [0.4, 0.5) is 5.82 Å². The fourth-order valence-corrected chi connectivity index (χ4v) is 2.12. The highest BCUT2D eigenvalue weighted by Gasteiger charge is 2.10. The Bertz CT molecular complexity index is 537. The molecule has 0 atom stereocenters. The summed E-state index contributed by atoms with van der Waals surface area (Å²) in [5.74, 6) is 0.558. The van der Waals surface area contributed by atoms with Gasteiger partial charge < -0.3 is 10.8 Å². The molecule has 0 saturated heterocycles. The Morgan fingerprint density at radius 1 is 1.41 bits per heavy atom. The molecule has 4 nitrogen and oxygen atoms in total. The van der Waals surface area contributed by atoms with E-state index in [1.165, 1.54) is 5.56 Å². The summed E-state index contributed by atoms with van der Waals surface area (Å²) >= 11 is 3.50. The van der Waals surface area contributed by atoms with Crippen LogP contribution in [0.1, 0.15) is 5.56 Å². The number of aryl methyl sites for hydroxylation is 1. The zero-order chi connectivity index (χ0) is 12.4. The van der Waals surface area contributed by atoms with Crippen LogP contribution in [0.3, 0.4) is 0 Å². The third-order valence-corrected chi connectivity index (χ3v) is 3.21. The van der Waals surface area contributed by atoms with Crippen molar-refractivity contribution in [2.24, 2.45) is 0 Å². The maximum Gasteiger partial charge on any atom is 0.122 e. The van der Waals surface area contributed by atoms with Crippen molar-refractivity contribution in [3.8, 4) is 11.3 Å². The zero-order valence-corrected chi connectivity index (χ0v) is 11.1. The molecule has 1 heterocycles. The molecule has 0 aliphatic rings. The molecule has 2 aromatic rings. The molecule has 90 valence electrons. The third kappa shape index (κ3) is 2.50. The highest BCUT2D eigenvalue weighted by Crippen LogP contribution is 2.29. The molecule has 0 bridgehead atoms. The molecule has 0 spiro atoms. The number of rotatable bonds is 3. The van der Waals surface area contributed by atoms with Gasteiger partial charge in [0.25, 0.3) is 0 Å². The average molecular weight is 296 g/mol. The van der Waals surface area contributed by atoms with Gasteiger partial charge in [0.15, 0.2) is 0 Å². The molecule has 1 aromatic heterocycles. The minimum absolute atomic E-state index is 0.0281. The van der Waals surface area contributed by atoms with Gasteiger partial charge in [0.2, 0.25) is 0 Å². The summed E-state index contributed by atoms with van der Waals surface area (Å²) in [6.07, 6.45) is 0. The summed E-state index contributed by atoms with van der Waals surface area (Å²) in [4.78, 5) is 0. The number of anilines is 1. The molecule has 0 amide bonds. The molecule has 0 aliphatic heterocycles. The van der Waals surface area contributed by atoms with Crippen molar-refractivity contribution in [1.82, 2.24) is 9.78 Å². The van der Waals surface area contributed by atoms with E-state index in [-0.39, 0.29) is 6.61 Å². The van der Waals surface area contributed by atoms with Crippen molar-refractivity contribution in [1.29, 1.82) is 0 Å². The summed E-state index contributed by atoms with van der Waals surface area (Å²) in [6, 6.07) is 7.89. The SMILES string of the molecule is Cc1ccc(Br)c(-c2cc(N)n(CCO)n2)c1. The van der Waals surface area contributed by atoms with Crippen LogP contribution in [0.25, 0.3) is 11.3 Å². The number of hydrogen-bond donors (Lipinski definition) is 2. The molecule has 1 aromatic carbocycles. The first kappa shape index (κ1) is 12.1. The van der Waals surface area contributed by atoms with Crippen LogP contribution in [-0.2, 0) is 6.54 Å². The van der Waals surface area contributed by atoms with Gasteiger partial charge in [-0.3, -0.25) is 0 Å². The highest BCUT2D eigenvalue weighted by molar-refractivity contribution is 9.10. The second-order valence-electron chi connectivity index (χ2n) is 3.88. The lowest BCUT2D eigenvalue weighted by molar-refractivity contribution is 0.270. The van der Waals surface area contributed by atoms with Gasteiger partial charge in [-0.2, -0.15) is 5.10 Å². The van der Waals surface area contributed by atoms with Crippen LogP contribution in [0.5, 0.6) is 0 Å². The Balaban J connectivity index is 2.45. The number of aliphatic hydroxyl groups is 1. The fraction of sp³-hybridized carbons (Fsp3) is 0.250. The standard InChI is InChI=1S/C12H14BrN3O/c1-8-2-3-10(13)9(6-8)11-7-12(14)16(15-11)4-5-17/h2-3,6-7,17H,4-5,14H2,1H3. The molecular weight excluding hydrogens is 282 g/mol. The number of aromatic nitrogens is 2. The highest BCUT2D eigenvalue weighted by atomic mass is 79.9. The second kappa shape index (κ2) is 4.89. The maximum atomic E-state index is 8.90. The summed E-state index contributed by atoms with van der Waals surface area (Å²) < 4.78 is 2.58. The summed E-state index contributed by atoms with van der Waals surface area (Å²) in [6.45, 7) is 2.47. The normalized spacial score (nSPS) is 10.8. The number of halogens is 1. The van der Waals surface area contributed by atoms with E-state index in [2.05, 4.69) is 27.1 Å². The topological polar surface area (TPSA) is 64.1 Å². The first-order valence-electron chi connectivity index (χ1n) is 5.32. The van der Waals surface area contributed by atoms with E-state index in [0.29, 0.717) is 12.4 Å². The first-order chi connectivity index (χ1) is 8.11. The molecule has 17 heavy (non-hydrogen) atoms. The average Bonchev–Trinajstić information content (AvgIpc) is 2.64. The predicted octanol–water partition coefficient (Wildman–Crippen LogP) is 2.20. The van der Waals surface area contributed by atoms with Crippen LogP contribution >= 0.6 is 15.9 Å². The molecule has 0 aliphatic carbocycles. The van der Waals surface area contributed by atoms with Gasteiger partial charge in [-0.05, 0) is 19.1 Å². The van der Waals surface area contributed by atoms with Crippen LogP contribution in [0, 0.1) is 6.92 Å². The molecule has 0 radical (unpaired) electrons. The van der Waals surface area contributed by atoms with Crippen LogP contribution < -0.4 is 5.73 Å². The minimum atomic E-state index is 0.0281. The Morgan fingerprint density at radius 2 is 2.18 bits per heavy atom. The van der Waals surface area contributed by atoms with E-state index in [1.807, 2.05) is 25.1 Å². The molecule has 0 saturated carbocycles. The van der Waals surface area contributed by atoms with Crippen LogP contribution in [-0.4, -0.2) is 21.5 Å². The molecular formula is C12H14BrN3O. The van der Waals surface area contributed by atoms with Crippen molar-refractivity contribution in [2.75, 3.05) is 12.3 Å². The number of benzene rings is 1. The van der Waals surface area contributed by atoms with Crippen LogP contribution in [0.15, 0.2) is 28.7 Å². The molecule has 0 fully saturated rings. The monoisotopic (exact) mass is 295 g/mol. The third-order valence-electron chi connectivity index (χ3n) is 2.52. The smallest absolute Gasteiger partial charge is 0.122 e. The predicted molar refractivity (Wildman–Crippen MR) is 71.6 cm³/mol. The summed E-state index contributed by atoms with van der Waals surface area (Å²) in [5.41, 5.74) is 8.81. The Morgan fingerprint density at radius 3 is 2.88 bits per heavy atom. The van der Waals surface area contributed by atoms with E-state index in [9.17, 15) is 0 Å². The zero-order valence-electron chi connectivity index (χ0n) is 9.52. The Labute approximate surface area is 108 Å². The van der Waals surface area contributed by atoms with Gasteiger partial charge in [-0.25, -0.2) is 4.68 Å². The van der Waals surface area contributed by atoms with Crippen molar-refractivity contribution < 1.29 is 5.11 Å². The maximum absolute atomic E-state index is 8.90. The van der Waals surface area contributed by atoms with Gasteiger partial charge in [0, 0.05) is 16.1 Å². The molecule has 5 heteroatoms. The molecule has 2 rings (SSSR count). The van der Waals surface area contributed by atoms with E-state index in [0.717, 1.165) is 15.7 Å². The van der Waals surface area contributed by atoms with Crippen molar-refractivity contribution in [2.45, 2.75) is 13.5 Å². The largest absolute Gasteiger partial charge is 0.394 e. The molecule has 3 N–H and O–H groups in total. The van der Waals surface area contributed by atoms with Gasteiger partial charge in [-0.15, -0.1) is 0 Å². The number of aliphatic hydroxyl groups excluding tert-OH is 1. The van der Waals surface area contributed by atoms with Crippen molar-refractivity contribution >= 4 is 21.7 Å². The van der Waals surface area contributed by atoms with E-state index in [1.54, 1.807) is 4.68 Å². The minimum Gasteiger partial charge on any atom is -0.394 e. The second-order valence-corrected chi connectivity index (χ2v) is 4.74. The summed E-state index contributed by atoms with van der Waals surface area (Å²) in [5, 5.41) is 13.3. The Hall–Kier alpha value is -1.33. The van der Waals surface area contributed by atoms with Crippen LogP contribution in [0.2, 0.25) is 0 Å². The van der Waals surface area contributed by atoms with Crippen molar-refractivity contribution in [3.63, 3.8) is 0 Å². The fourth-order valence-electron chi connectivity index (χ4n) is 1.67. The molecule has 0 unspecified atom stereocenters. The number of nitrogens with zero attached hydrogens (tertiary/aromatic N) is 2. The number of nitrogen functional groups attached to an aromatic ring is 1. The van der Waals surface area contributed by atoms with Gasteiger partial charge in [0.05, 0.1) is 18.8 Å². The van der Waals surface area contributed by atoms with E-state index < -0.39 is 0 Å². The van der Waals surface area contributed by atoms with Gasteiger partial charge in [0.1, 0.15) is 5.82 Å². The lowest BCUT2D eigenvalue weighted by atomic mass is 10.1. The Kier molecular flexibility index (Phi) is 3.49.